The van der Waals surface area contributed by atoms with Crippen LogP contribution in [-0.2, 0) is 14.1 Å². The second-order valence-corrected chi connectivity index (χ2v) is 8.36. The Labute approximate surface area is 149 Å². The molecule has 6 heteroatoms. The van der Waals surface area contributed by atoms with Crippen LogP contribution in [0.25, 0.3) is 6.08 Å². The average molecular weight is 347 g/mol. The molecule has 2 rings (SSSR count). The second kappa shape index (κ2) is 6.94. The molecule has 1 fully saturated rings. The molecule has 24 heavy (non-hydrogen) atoms. The van der Waals surface area contributed by atoms with E-state index in [1.807, 2.05) is 58.9 Å². The van der Waals surface area contributed by atoms with Crippen molar-refractivity contribution >= 4 is 35.8 Å². The first kappa shape index (κ1) is 19.1. The standard InChI is InChI=1S/C18H26BNO3S/c1-12-9-16(20)8-7-14(12)10-15(11-24-13(2)21)19-22-17(3,4)18(5,6)23-19/h7-10H,11,20H2,1-6H3. The van der Waals surface area contributed by atoms with Gasteiger partial charge in [-0.25, -0.2) is 0 Å². The molecule has 1 aromatic carbocycles. The molecule has 130 valence electrons. The Morgan fingerprint density at radius 1 is 1.25 bits per heavy atom. The Morgan fingerprint density at radius 2 is 1.83 bits per heavy atom. The fraction of sp³-hybridized carbons (Fsp3) is 0.500. The third-order valence-corrected chi connectivity index (χ3v) is 5.52. The van der Waals surface area contributed by atoms with Crippen LogP contribution in [0.2, 0.25) is 0 Å². The Hall–Kier alpha value is -1.24. The lowest BCUT2D eigenvalue weighted by Crippen LogP contribution is -2.41. The first-order valence-corrected chi connectivity index (χ1v) is 9.06. The number of anilines is 1. The van der Waals surface area contributed by atoms with Crippen molar-refractivity contribution in [3.8, 4) is 0 Å². The Balaban J connectivity index is 2.35. The lowest BCUT2D eigenvalue weighted by Gasteiger charge is -2.32. The van der Waals surface area contributed by atoms with Gasteiger partial charge in [0.05, 0.1) is 11.2 Å². The molecule has 0 aliphatic carbocycles. The number of thioether (sulfide) groups is 1. The van der Waals surface area contributed by atoms with Crippen LogP contribution in [0.1, 0.15) is 45.7 Å². The first-order chi connectivity index (χ1) is 11.0. The third kappa shape index (κ3) is 4.24. The summed E-state index contributed by atoms with van der Waals surface area (Å²) < 4.78 is 12.3. The van der Waals surface area contributed by atoms with Crippen LogP contribution in [0.4, 0.5) is 5.69 Å². The molecule has 0 saturated carbocycles. The minimum Gasteiger partial charge on any atom is -0.400 e. The monoisotopic (exact) mass is 347 g/mol. The van der Waals surface area contributed by atoms with E-state index in [1.165, 1.54) is 11.8 Å². The van der Waals surface area contributed by atoms with Crippen LogP contribution in [0.3, 0.4) is 0 Å². The Bertz CT molecular complexity index is 654. The summed E-state index contributed by atoms with van der Waals surface area (Å²) in [5.74, 6) is 0.538. The van der Waals surface area contributed by atoms with Gasteiger partial charge < -0.3 is 15.0 Å². The molecule has 0 bridgehead atoms. The summed E-state index contributed by atoms with van der Waals surface area (Å²) in [5, 5.41) is 0.0754. The van der Waals surface area contributed by atoms with Gasteiger partial charge in [0.15, 0.2) is 5.12 Å². The number of nitrogen functional groups attached to an aromatic ring is 1. The molecule has 4 nitrogen and oxygen atoms in total. The van der Waals surface area contributed by atoms with Crippen LogP contribution in [0.5, 0.6) is 0 Å². The topological polar surface area (TPSA) is 61.6 Å². The fourth-order valence-corrected chi connectivity index (χ4v) is 3.01. The molecule has 1 heterocycles. The summed E-state index contributed by atoms with van der Waals surface area (Å²) in [5.41, 5.74) is 8.83. The van der Waals surface area contributed by atoms with Crippen LogP contribution < -0.4 is 5.73 Å². The summed E-state index contributed by atoms with van der Waals surface area (Å²) in [6, 6.07) is 5.79. The van der Waals surface area contributed by atoms with Gasteiger partial charge in [0, 0.05) is 18.4 Å². The highest BCUT2D eigenvalue weighted by molar-refractivity contribution is 8.13. The Morgan fingerprint density at radius 3 is 2.33 bits per heavy atom. The number of rotatable bonds is 4. The zero-order chi connectivity index (χ0) is 18.1. The van der Waals surface area contributed by atoms with Crippen LogP contribution in [-0.4, -0.2) is 29.2 Å². The minimum absolute atomic E-state index is 0.0754. The number of hydrogen-bond acceptors (Lipinski definition) is 5. The molecule has 1 aliphatic heterocycles. The molecule has 0 amide bonds. The summed E-state index contributed by atoms with van der Waals surface area (Å²) >= 11 is 1.26. The molecule has 0 radical (unpaired) electrons. The van der Waals surface area contributed by atoms with E-state index in [1.54, 1.807) is 6.92 Å². The van der Waals surface area contributed by atoms with Crippen molar-refractivity contribution in [2.45, 2.75) is 52.7 Å². The molecule has 0 unspecified atom stereocenters. The molecule has 0 atom stereocenters. The smallest absolute Gasteiger partial charge is 0.400 e. The molecule has 2 N–H and O–H groups in total. The number of aryl methyl sites for hydroxylation is 1. The normalized spacial score (nSPS) is 19.6. The lowest BCUT2D eigenvalue weighted by atomic mass is 9.78. The molecular formula is C18H26BNO3S. The van der Waals surface area contributed by atoms with E-state index >= 15 is 0 Å². The van der Waals surface area contributed by atoms with Crippen molar-refractivity contribution < 1.29 is 14.1 Å². The van der Waals surface area contributed by atoms with Crippen molar-refractivity contribution in [3.63, 3.8) is 0 Å². The molecule has 1 aromatic rings. The number of carbonyl (C=O) groups is 1. The van der Waals surface area contributed by atoms with Gasteiger partial charge in [0.25, 0.3) is 0 Å². The maximum Gasteiger partial charge on any atom is 0.491 e. The van der Waals surface area contributed by atoms with Gasteiger partial charge >= 0.3 is 7.12 Å². The van der Waals surface area contributed by atoms with Crippen molar-refractivity contribution in [1.29, 1.82) is 0 Å². The quantitative estimate of drug-likeness (QED) is 0.662. The zero-order valence-electron chi connectivity index (χ0n) is 15.3. The van der Waals surface area contributed by atoms with Crippen molar-refractivity contribution in [1.82, 2.24) is 0 Å². The predicted octanol–water partition coefficient (Wildman–Crippen LogP) is 3.87. The van der Waals surface area contributed by atoms with Gasteiger partial charge in [-0.15, -0.1) is 0 Å². The van der Waals surface area contributed by atoms with E-state index in [0.717, 1.165) is 22.3 Å². The van der Waals surface area contributed by atoms with Crippen molar-refractivity contribution in [2.24, 2.45) is 0 Å². The largest absolute Gasteiger partial charge is 0.491 e. The highest BCUT2D eigenvalue weighted by atomic mass is 32.2. The van der Waals surface area contributed by atoms with E-state index in [9.17, 15) is 4.79 Å². The first-order valence-electron chi connectivity index (χ1n) is 8.07. The third-order valence-electron chi connectivity index (χ3n) is 4.63. The van der Waals surface area contributed by atoms with E-state index in [4.69, 9.17) is 15.0 Å². The maximum absolute atomic E-state index is 11.4. The van der Waals surface area contributed by atoms with E-state index in [-0.39, 0.29) is 5.12 Å². The number of carbonyl (C=O) groups excluding carboxylic acids is 1. The summed E-state index contributed by atoms with van der Waals surface area (Å²) in [6.45, 7) is 11.7. The summed E-state index contributed by atoms with van der Waals surface area (Å²) in [4.78, 5) is 11.4. The summed E-state index contributed by atoms with van der Waals surface area (Å²) in [7, 11) is -0.459. The van der Waals surface area contributed by atoms with Crippen molar-refractivity contribution in [3.05, 3.63) is 34.8 Å². The second-order valence-electron chi connectivity index (χ2n) is 7.20. The SMILES string of the molecule is CC(=O)SCC(=Cc1ccc(N)cc1C)B1OC(C)(C)C(C)(C)O1. The van der Waals surface area contributed by atoms with Gasteiger partial charge in [0.2, 0.25) is 0 Å². The zero-order valence-corrected chi connectivity index (χ0v) is 16.1. The van der Waals surface area contributed by atoms with Gasteiger partial charge in [-0.1, -0.05) is 23.9 Å². The molecule has 1 saturated heterocycles. The highest BCUT2D eigenvalue weighted by Gasteiger charge is 2.52. The van der Waals surface area contributed by atoms with Crippen molar-refractivity contribution in [2.75, 3.05) is 11.5 Å². The predicted molar refractivity (Wildman–Crippen MR) is 103 cm³/mol. The van der Waals surface area contributed by atoms with Gasteiger partial charge in [-0.2, -0.15) is 0 Å². The molecule has 0 aromatic heterocycles. The van der Waals surface area contributed by atoms with Gasteiger partial charge in [-0.3, -0.25) is 4.79 Å². The summed E-state index contributed by atoms with van der Waals surface area (Å²) in [6.07, 6.45) is 2.05. The number of benzene rings is 1. The number of nitrogens with two attached hydrogens (primary N) is 1. The molecular weight excluding hydrogens is 321 g/mol. The van der Waals surface area contributed by atoms with Crippen LogP contribution in [0, 0.1) is 6.92 Å². The van der Waals surface area contributed by atoms with E-state index in [0.29, 0.717) is 5.75 Å². The van der Waals surface area contributed by atoms with Crippen LogP contribution >= 0.6 is 11.8 Å². The Kier molecular flexibility index (Phi) is 5.52. The molecule has 1 aliphatic rings. The number of hydrogen-bond donors (Lipinski definition) is 1. The van der Waals surface area contributed by atoms with E-state index in [2.05, 4.69) is 0 Å². The van der Waals surface area contributed by atoms with Crippen LogP contribution in [0.15, 0.2) is 23.7 Å². The average Bonchev–Trinajstić information content (AvgIpc) is 2.65. The van der Waals surface area contributed by atoms with Gasteiger partial charge in [0.1, 0.15) is 0 Å². The maximum atomic E-state index is 11.4. The fourth-order valence-electron chi connectivity index (χ4n) is 2.42. The highest BCUT2D eigenvalue weighted by Crippen LogP contribution is 2.39. The minimum atomic E-state index is -0.459. The lowest BCUT2D eigenvalue weighted by molar-refractivity contribution is -0.109. The van der Waals surface area contributed by atoms with E-state index < -0.39 is 18.3 Å². The molecule has 0 spiro atoms. The van der Waals surface area contributed by atoms with Gasteiger partial charge in [-0.05, 0) is 63.4 Å².